The molecule has 2 amide bonds. The standard InChI is InChI=1S/C26H23Br2NO7/c27-20-12-18-19(13-21(20)28)25(33)29(24(18)32)11-10-23(31)35-14-22(30)15-6-8-17(9-7-15)36-26(34)16-4-2-1-3-5-16/h1-9,18-21H,10-14H2. The third-order valence-corrected chi connectivity index (χ3v) is 9.04. The molecule has 1 aliphatic heterocycles. The van der Waals surface area contributed by atoms with Crippen LogP contribution in [-0.4, -0.2) is 57.2 Å². The molecule has 0 spiro atoms. The van der Waals surface area contributed by atoms with E-state index >= 15 is 0 Å². The minimum absolute atomic E-state index is 0.0704. The van der Waals surface area contributed by atoms with E-state index in [1.165, 1.54) is 24.3 Å². The number of carbonyl (C=O) groups is 5. The molecule has 2 aromatic rings. The molecular formula is C26H23Br2NO7. The Balaban J connectivity index is 1.23. The van der Waals surface area contributed by atoms with Crippen LogP contribution in [0.25, 0.3) is 0 Å². The highest BCUT2D eigenvalue weighted by Crippen LogP contribution is 2.43. The summed E-state index contributed by atoms with van der Waals surface area (Å²) in [5.74, 6) is -2.62. The van der Waals surface area contributed by atoms with Crippen LogP contribution in [-0.2, 0) is 19.1 Å². The Bertz CT molecular complexity index is 1140. The molecule has 2 fully saturated rings. The molecule has 1 saturated heterocycles. The molecule has 0 bridgehead atoms. The van der Waals surface area contributed by atoms with Crippen LogP contribution < -0.4 is 4.74 Å². The van der Waals surface area contributed by atoms with Gasteiger partial charge in [-0.25, -0.2) is 4.79 Å². The third kappa shape index (κ3) is 5.92. The first-order chi connectivity index (χ1) is 17.2. The Hall–Kier alpha value is -2.85. The van der Waals surface area contributed by atoms with Crippen molar-refractivity contribution in [2.45, 2.75) is 28.9 Å². The number of ether oxygens (including phenoxy) is 2. The lowest BCUT2D eigenvalue weighted by Crippen LogP contribution is -2.34. The van der Waals surface area contributed by atoms with Gasteiger partial charge in [0.15, 0.2) is 12.4 Å². The second kappa shape index (κ2) is 11.5. The summed E-state index contributed by atoms with van der Waals surface area (Å²) in [6.07, 6.45) is 0.934. The van der Waals surface area contributed by atoms with Crippen LogP contribution in [0, 0.1) is 11.8 Å². The van der Waals surface area contributed by atoms with Crippen molar-refractivity contribution in [1.82, 2.24) is 4.90 Å². The monoisotopic (exact) mass is 619 g/mol. The molecule has 0 N–H and O–H groups in total. The van der Waals surface area contributed by atoms with Crippen LogP contribution in [0.15, 0.2) is 54.6 Å². The maximum Gasteiger partial charge on any atom is 0.343 e. The van der Waals surface area contributed by atoms with Gasteiger partial charge in [-0.05, 0) is 49.2 Å². The molecule has 2 aliphatic rings. The Morgan fingerprint density at radius 3 is 2.00 bits per heavy atom. The van der Waals surface area contributed by atoms with Crippen molar-refractivity contribution in [2.24, 2.45) is 11.8 Å². The van der Waals surface area contributed by atoms with Gasteiger partial charge in [0.25, 0.3) is 0 Å². The predicted octanol–water partition coefficient (Wildman–Crippen LogP) is 3.94. The maximum absolute atomic E-state index is 12.7. The van der Waals surface area contributed by atoms with Crippen LogP contribution >= 0.6 is 31.9 Å². The molecule has 0 aromatic heterocycles. The van der Waals surface area contributed by atoms with E-state index in [0.717, 1.165) is 4.90 Å². The van der Waals surface area contributed by atoms with Gasteiger partial charge in [0.1, 0.15) is 5.75 Å². The molecule has 1 saturated carbocycles. The van der Waals surface area contributed by atoms with Gasteiger partial charge in [0, 0.05) is 21.8 Å². The summed E-state index contributed by atoms with van der Waals surface area (Å²) >= 11 is 7.08. The lowest BCUT2D eigenvalue weighted by molar-refractivity contribution is -0.145. The van der Waals surface area contributed by atoms with E-state index in [2.05, 4.69) is 31.9 Å². The Morgan fingerprint density at radius 2 is 1.42 bits per heavy atom. The van der Waals surface area contributed by atoms with Gasteiger partial charge < -0.3 is 9.47 Å². The lowest BCUT2D eigenvalue weighted by Gasteiger charge is -2.29. The summed E-state index contributed by atoms with van der Waals surface area (Å²) in [6, 6.07) is 14.4. The van der Waals surface area contributed by atoms with E-state index in [9.17, 15) is 24.0 Å². The number of rotatable bonds is 8. The molecule has 1 heterocycles. The Kier molecular flexibility index (Phi) is 8.35. The van der Waals surface area contributed by atoms with Crippen molar-refractivity contribution in [3.05, 3.63) is 65.7 Å². The number of benzene rings is 2. The van der Waals surface area contributed by atoms with Crippen molar-refractivity contribution in [3.8, 4) is 5.75 Å². The van der Waals surface area contributed by atoms with Gasteiger partial charge in [-0.2, -0.15) is 0 Å². The first-order valence-electron chi connectivity index (χ1n) is 11.4. The van der Waals surface area contributed by atoms with Crippen LogP contribution in [0.3, 0.4) is 0 Å². The molecule has 4 atom stereocenters. The molecule has 2 aromatic carbocycles. The van der Waals surface area contributed by atoms with Crippen molar-refractivity contribution < 1.29 is 33.4 Å². The van der Waals surface area contributed by atoms with Gasteiger partial charge in [0.05, 0.1) is 23.8 Å². The minimum Gasteiger partial charge on any atom is -0.457 e. The molecule has 4 rings (SSSR count). The Morgan fingerprint density at radius 1 is 0.833 bits per heavy atom. The highest BCUT2D eigenvalue weighted by Gasteiger charge is 2.51. The molecule has 10 heteroatoms. The minimum atomic E-state index is -0.677. The van der Waals surface area contributed by atoms with Crippen LogP contribution in [0.5, 0.6) is 5.75 Å². The number of alkyl halides is 2. The van der Waals surface area contributed by atoms with E-state index in [4.69, 9.17) is 9.47 Å². The number of amides is 2. The van der Waals surface area contributed by atoms with E-state index in [-0.39, 0.29) is 57.6 Å². The number of carbonyl (C=O) groups excluding carboxylic acids is 5. The third-order valence-electron chi connectivity index (χ3n) is 6.30. The SMILES string of the molecule is O=C(CCN1C(=O)C2CC(Br)C(Br)CC2C1=O)OCC(=O)c1ccc(OC(=O)c2ccccc2)cc1. The van der Waals surface area contributed by atoms with Crippen LogP contribution in [0.4, 0.5) is 0 Å². The summed E-state index contributed by atoms with van der Waals surface area (Å²) in [7, 11) is 0. The highest BCUT2D eigenvalue weighted by molar-refractivity contribution is 9.12. The number of hydrogen-bond donors (Lipinski definition) is 0. The fourth-order valence-corrected chi connectivity index (χ4v) is 5.58. The van der Waals surface area contributed by atoms with Crippen LogP contribution in [0.2, 0.25) is 0 Å². The smallest absolute Gasteiger partial charge is 0.343 e. The van der Waals surface area contributed by atoms with Crippen molar-refractivity contribution in [2.75, 3.05) is 13.2 Å². The summed E-state index contributed by atoms with van der Waals surface area (Å²) < 4.78 is 10.3. The zero-order valence-electron chi connectivity index (χ0n) is 19.1. The number of nitrogens with zero attached hydrogens (tertiary/aromatic N) is 1. The van der Waals surface area contributed by atoms with Gasteiger partial charge in [-0.1, -0.05) is 50.1 Å². The highest BCUT2D eigenvalue weighted by atomic mass is 79.9. The number of fused-ring (bicyclic) bond motifs is 1. The summed E-state index contributed by atoms with van der Waals surface area (Å²) in [6.45, 7) is -0.551. The molecule has 4 unspecified atom stereocenters. The van der Waals surface area contributed by atoms with E-state index < -0.39 is 24.3 Å². The van der Waals surface area contributed by atoms with Crippen molar-refractivity contribution >= 4 is 61.4 Å². The van der Waals surface area contributed by atoms with E-state index in [1.54, 1.807) is 30.3 Å². The fourth-order valence-electron chi connectivity index (χ4n) is 4.34. The first-order valence-corrected chi connectivity index (χ1v) is 13.3. The second-order valence-electron chi connectivity index (χ2n) is 8.66. The number of ketones is 1. The largest absolute Gasteiger partial charge is 0.457 e. The number of esters is 2. The number of hydrogen-bond acceptors (Lipinski definition) is 7. The zero-order chi connectivity index (χ0) is 25.8. The van der Waals surface area contributed by atoms with Gasteiger partial charge in [-0.3, -0.25) is 24.1 Å². The summed E-state index contributed by atoms with van der Waals surface area (Å²) in [5, 5.41) is 0. The van der Waals surface area contributed by atoms with Crippen molar-refractivity contribution in [3.63, 3.8) is 0 Å². The van der Waals surface area contributed by atoms with E-state index in [0.29, 0.717) is 18.4 Å². The average Bonchev–Trinajstić information content (AvgIpc) is 3.10. The molecule has 1 aliphatic carbocycles. The molecule has 36 heavy (non-hydrogen) atoms. The normalized spacial score (nSPS) is 23.2. The molecule has 8 nitrogen and oxygen atoms in total. The lowest BCUT2D eigenvalue weighted by atomic mass is 9.81. The number of halogens is 2. The molecular weight excluding hydrogens is 598 g/mol. The second-order valence-corrected chi connectivity index (χ2v) is 11.0. The first kappa shape index (κ1) is 26.2. The van der Waals surface area contributed by atoms with Gasteiger partial charge >= 0.3 is 11.9 Å². The van der Waals surface area contributed by atoms with Crippen LogP contribution in [0.1, 0.15) is 40.0 Å². The molecule has 0 radical (unpaired) electrons. The van der Waals surface area contributed by atoms with E-state index in [1.807, 2.05) is 0 Å². The topological polar surface area (TPSA) is 107 Å². The predicted molar refractivity (Wildman–Crippen MR) is 136 cm³/mol. The van der Waals surface area contributed by atoms with Crippen molar-refractivity contribution in [1.29, 1.82) is 0 Å². The zero-order valence-corrected chi connectivity index (χ0v) is 22.3. The summed E-state index contributed by atoms with van der Waals surface area (Å²) in [5.41, 5.74) is 0.685. The Labute approximate surface area is 224 Å². The number of Topliss-reactive ketones (excluding diaryl/α,β-unsaturated/α-hetero) is 1. The van der Waals surface area contributed by atoms with Gasteiger partial charge in [-0.15, -0.1) is 0 Å². The fraction of sp³-hybridized carbons (Fsp3) is 0.346. The summed E-state index contributed by atoms with van der Waals surface area (Å²) in [4.78, 5) is 63.4. The average molecular weight is 621 g/mol. The number of imide groups is 1. The van der Waals surface area contributed by atoms with Gasteiger partial charge in [0.2, 0.25) is 11.8 Å². The molecule has 188 valence electrons. The quantitative estimate of drug-likeness (QED) is 0.145. The maximum atomic E-state index is 12.7. The number of likely N-dealkylation sites (tertiary alicyclic amines) is 1.